The van der Waals surface area contributed by atoms with Crippen LogP contribution in [0.2, 0.25) is 0 Å². The number of benzene rings is 3. The molecule has 1 atom stereocenters. The van der Waals surface area contributed by atoms with Gasteiger partial charge in [0, 0.05) is 30.1 Å². The molecule has 1 saturated heterocycles. The van der Waals surface area contributed by atoms with Crippen molar-refractivity contribution in [1.29, 1.82) is 0 Å². The van der Waals surface area contributed by atoms with Crippen molar-refractivity contribution in [1.82, 2.24) is 10.2 Å². The molecule has 1 heterocycles. The van der Waals surface area contributed by atoms with Gasteiger partial charge in [-0.2, -0.15) is 0 Å². The molecule has 5 nitrogen and oxygen atoms in total. The number of esters is 1. The predicted molar refractivity (Wildman–Crippen MR) is 148 cm³/mol. The van der Waals surface area contributed by atoms with Crippen molar-refractivity contribution in [3.05, 3.63) is 96.1 Å². The number of amides is 1. The van der Waals surface area contributed by atoms with Crippen molar-refractivity contribution in [3.8, 4) is 11.1 Å². The Morgan fingerprint density at radius 2 is 1.54 bits per heavy atom. The molecule has 4 rings (SSSR count). The van der Waals surface area contributed by atoms with Crippen LogP contribution in [0.1, 0.15) is 54.9 Å². The highest BCUT2D eigenvalue weighted by atomic mass is 16.5. The summed E-state index contributed by atoms with van der Waals surface area (Å²) in [6.07, 6.45) is 4.18. The van der Waals surface area contributed by atoms with Crippen LogP contribution in [-0.2, 0) is 14.9 Å². The minimum Gasteiger partial charge on any atom is -0.469 e. The maximum atomic E-state index is 13.2. The van der Waals surface area contributed by atoms with E-state index in [1.165, 1.54) is 12.7 Å². The summed E-state index contributed by atoms with van der Waals surface area (Å²) in [6.45, 7) is 5.07. The van der Waals surface area contributed by atoms with Gasteiger partial charge >= 0.3 is 5.97 Å². The fourth-order valence-electron chi connectivity index (χ4n) is 5.37. The minimum absolute atomic E-state index is 0.000610. The fourth-order valence-corrected chi connectivity index (χ4v) is 5.37. The quantitative estimate of drug-likeness (QED) is 0.356. The maximum Gasteiger partial charge on any atom is 0.306 e. The molecule has 0 saturated carbocycles. The minimum atomic E-state index is -0.243. The second-order valence-corrected chi connectivity index (χ2v) is 10.3. The van der Waals surface area contributed by atoms with E-state index in [1.807, 2.05) is 72.8 Å². The number of nitrogens with one attached hydrogen (secondary N) is 1. The van der Waals surface area contributed by atoms with Crippen molar-refractivity contribution < 1.29 is 14.3 Å². The second kappa shape index (κ2) is 12.7. The number of nitrogens with zero attached hydrogens (tertiary/aromatic N) is 1. The number of piperidine rings is 1. The van der Waals surface area contributed by atoms with Crippen LogP contribution in [0.3, 0.4) is 0 Å². The molecule has 0 aliphatic carbocycles. The van der Waals surface area contributed by atoms with E-state index in [4.69, 9.17) is 4.74 Å². The molecule has 3 aromatic rings. The zero-order valence-corrected chi connectivity index (χ0v) is 22.0. The Morgan fingerprint density at radius 3 is 2.22 bits per heavy atom. The van der Waals surface area contributed by atoms with Gasteiger partial charge < -0.3 is 15.0 Å². The number of hydrogen-bond donors (Lipinski definition) is 1. The highest BCUT2D eigenvalue weighted by Crippen LogP contribution is 2.33. The van der Waals surface area contributed by atoms with Crippen molar-refractivity contribution in [3.63, 3.8) is 0 Å². The molecule has 5 heteroatoms. The Kier molecular flexibility index (Phi) is 9.13. The van der Waals surface area contributed by atoms with Crippen molar-refractivity contribution in [2.45, 2.75) is 50.5 Å². The first-order chi connectivity index (χ1) is 18.0. The molecular formula is C32H38N2O3. The van der Waals surface area contributed by atoms with Gasteiger partial charge in [-0.3, -0.25) is 9.59 Å². The lowest BCUT2D eigenvalue weighted by atomic mass is 9.76. The molecule has 1 aliphatic heterocycles. The molecule has 1 N–H and O–H groups in total. The van der Waals surface area contributed by atoms with E-state index in [2.05, 4.69) is 29.3 Å². The number of rotatable bonds is 10. The summed E-state index contributed by atoms with van der Waals surface area (Å²) in [6, 6.07) is 28.3. The summed E-state index contributed by atoms with van der Waals surface area (Å²) in [5.74, 6) is -0.170. The molecule has 37 heavy (non-hydrogen) atoms. The molecule has 194 valence electrons. The molecule has 1 aliphatic rings. The third-order valence-electron chi connectivity index (χ3n) is 7.62. The van der Waals surface area contributed by atoms with Crippen molar-refractivity contribution in [2.24, 2.45) is 0 Å². The maximum absolute atomic E-state index is 13.2. The molecule has 0 radical (unpaired) electrons. The van der Waals surface area contributed by atoms with E-state index in [0.717, 1.165) is 62.0 Å². The zero-order valence-electron chi connectivity index (χ0n) is 22.0. The highest BCUT2D eigenvalue weighted by Gasteiger charge is 2.30. The third-order valence-corrected chi connectivity index (χ3v) is 7.62. The van der Waals surface area contributed by atoms with Gasteiger partial charge in [0.1, 0.15) is 0 Å². The van der Waals surface area contributed by atoms with E-state index in [9.17, 15) is 9.59 Å². The first kappa shape index (κ1) is 26.6. The van der Waals surface area contributed by atoms with E-state index in [0.29, 0.717) is 6.42 Å². The largest absolute Gasteiger partial charge is 0.469 e. The molecule has 1 amide bonds. The van der Waals surface area contributed by atoms with Gasteiger partial charge in [0.25, 0.3) is 5.91 Å². The van der Waals surface area contributed by atoms with Crippen LogP contribution < -0.4 is 5.32 Å². The zero-order chi connectivity index (χ0) is 26.1. The number of carbonyl (C=O) groups is 2. The third kappa shape index (κ3) is 7.07. The number of methoxy groups -OCH3 is 1. The average Bonchev–Trinajstić information content (AvgIpc) is 2.95. The van der Waals surface area contributed by atoms with Gasteiger partial charge in [0.15, 0.2) is 0 Å². The lowest BCUT2D eigenvalue weighted by Gasteiger charge is -2.34. The Balaban J connectivity index is 1.28. The van der Waals surface area contributed by atoms with Crippen LogP contribution >= 0.6 is 0 Å². The summed E-state index contributed by atoms with van der Waals surface area (Å²) in [4.78, 5) is 27.8. The van der Waals surface area contributed by atoms with Gasteiger partial charge in [-0.25, -0.2) is 0 Å². The van der Waals surface area contributed by atoms with E-state index in [-0.39, 0.29) is 23.3 Å². The van der Waals surface area contributed by atoms with E-state index >= 15 is 0 Å². The lowest BCUT2D eigenvalue weighted by Crippen LogP contribution is -2.45. The van der Waals surface area contributed by atoms with Gasteiger partial charge in [-0.05, 0) is 55.0 Å². The number of likely N-dealkylation sites (tertiary alicyclic amines) is 1. The molecule has 3 aromatic carbocycles. The first-order valence-corrected chi connectivity index (χ1v) is 13.3. The lowest BCUT2D eigenvalue weighted by molar-refractivity contribution is -0.142. The smallest absolute Gasteiger partial charge is 0.306 e. The standard InChI is InChI=1S/C32H38N2O3/c1-32(24-30(35)37-2,26-14-7-4-8-15-26)20-11-21-34-22-18-27(19-23-34)33-31(36)29-17-10-9-16-28(29)25-12-5-3-6-13-25/h3-10,12-17,27H,11,18-24H2,1-2H3,(H,33,36). The second-order valence-electron chi connectivity index (χ2n) is 10.3. The molecule has 0 aromatic heterocycles. The molecule has 0 spiro atoms. The Morgan fingerprint density at radius 1 is 0.919 bits per heavy atom. The number of ether oxygens (including phenoxy) is 1. The van der Waals surface area contributed by atoms with Crippen LogP contribution in [0.5, 0.6) is 0 Å². The van der Waals surface area contributed by atoms with Gasteiger partial charge in [-0.15, -0.1) is 0 Å². The number of hydrogen-bond acceptors (Lipinski definition) is 4. The van der Waals surface area contributed by atoms with Crippen LogP contribution in [-0.4, -0.2) is 49.6 Å². The van der Waals surface area contributed by atoms with Crippen LogP contribution in [0.25, 0.3) is 11.1 Å². The van der Waals surface area contributed by atoms with Gasteiger partial charge in [0.05, 0.1) is 13.5 Å². The Hall–Kier alpha value is -3.44. The molecule has 1 fully saturated rings. The highest BCUT2D eigenvalue weighted by molar-refractivity contribution is 6.01. The van der Waals surface area contributed by atoms with Crippen LogP contribution in [0, 0.1) is 0 Å². The van der Waals surface area contributed by atoms with E-state index < -0.39 is 0 Å². The summed E-state index contributed by atoms with van der Waals surface area (Å²) in [5, 5.41) is 3.28. The van der Waals surface area contributed by atoms with Gasteiger partial charge in [0.2, 0.25) is 0 Å². The molecule has 1 unspecified atom stereocenters. The average molecular weight is 499 g/mol. The van der Waals surface area contributed by atoms with Crippen molar-refractivity contribution in [2.75, 3.05) is 26.7 Å². The first-order valence-electron chi connectivity index (χ1n) is 13.3. The van der Waals surface area contributed by atoms with E-state index in [1.54, 1.807) is 0 Å². The van der Waals surface area contributed by atoms with Gasteiger partial charge in [-0.1, -0.05) is 85.8 Å². The Bertz CT molecular complexity index is 1160. The summed E-state index contributed by atoms with van der Waals surface area (Å²) < 4.78 is 4.99. The SMILES string of the molecule is COC(=O)CC(C)(CCCN1CCC(NC(=O)c2ccccc2-c2ccccc2)CC1)c1ccccc1. The fraction of sp³-hybridized carbons (Fsp3) is 0.375. The summed E-state index contributed by atoms with van der Waals surface area (Å²) in [5.41, 5.74) is 3.68. The van der Waals surface area contributed by atoms with Crippen LogP contribution in [0.4, 0.5) is 0 Å². The monoisotopic (exact) mass is 498 g/mol. The summed E-state index contributed by atoms with van der Waals surface area (Å²) >= 11 is 0. The normalized spacial score (nSPS) is 16.1. The molecule has 0 bridgehead atoms. The topological polar surface area (TPSA) is 58.6 Å². The number of carbonyl (C=O) groups excluding carboxylic acids is 2. The summed E-state index contributed by atoms with van der Waals surface area (Å²) in [7, 11) is 1.46. The predicted octanol–water partition coefficient (Wildman–Crippen LogP) is 5.85. The molecular weight excluding hydrogens is 460 g/mol. The Labute approximate surface area is 220 Å². The van der Waals surface area contributed by atoms with Crippen molar-refractivity contribution >= 4 is 11.9 Å². The van der Waals surface area contributed by atoms with Crippen LogP contribution in [0.15, 0.2) is 84.9 Å².